The SMILES string of the molecule is O=C(CS(=O)(=O)c1ccccc1Cl)c1ccc(Cl)cc1. The molecule has 0 bridgehead atoms. The maximum atomic E-state index is 12.2. The van der Waals surface area contributed by atoms with Gasteiger partial charge >= 0.3 is 0 Å². The van der Waals surface area contributed by atoms with Crippen molar-refractivity contribution in [3.63, 3.8) is 0 Å². The minimum absolute atomic E-state index is 0.0380. The fourth-order valence-electron chi connectivity index (χ4n) is 1.67. The molecule has 0 saturated heterocycles. The second-order valence-electron chi connectivity index (χ2n) is 4.12. The lowest BCUT2D eigenvalue weighted by Gasteiger charge is -2.06. The number of hydrogen-bond acceptors (Lipinski definition) is 3. The van der Waals surface area contributed by atoms with Crippen molar-refractivity contribution in [1.82, 2.24) is 0 Å². The summed E-state index contributed by atoms with van der Waals surface area (Å²) in [6.07, 6.45) is 0. The van der Waals surface area contributed by atoms with Crippen LogP contribution in [0.3, 0.4) is 0 Å². The van der Waals surface area contributed by atoms with Crippen LogP contribution in [0, 0.1) is 0 Å². The van der Waals surface area contributed by atoms with E-state index in [0.29, 0.717) is 10.6 Å². The van der Waals surface area contributed by atoms with Crippen molar-refractivity contribution in [1.29, 1.82) is 0 Å². The first-order chi connectivity index (χ1) is 9.40. The molecule has 0 fully saturated rings. The van der Waals surface area contributed by atoms with Gasteiger partial charge in [0.15, 0.2) is 15.6 Å². The molecule has 0 saturated carbocycles. The third-order valence-corrected chi connectivity index (χ3v) is 5.02. The molecule has 0 radical (unpaired) electrons. The van der Waals surface area contributed by atoms with Gasteiger partial charge < -0.3 is 0 Å². The smallest absolute Gasteiger partial charge is 0.187 e. The van der Waals surface area contributed by atoms with E-state index in [-0.39, 0.29) is 9.92 Å². The van der Waals surface area contributed by atoms with Gasteiger partial charge in [0, 0.05) is 10.6 Å². The number of benzene rings is 2. The predicted molar refractivity (Wildman–Crippen MR) is 79.3 cm³/mol. The molecular weight excluding hydrogens is 319 g/mol. The van der Waals surface area contributed by atoms with E-state index in [4.69, 9.17) is 23.2 Å². The quantitative estimate of drug-likeness (QED) is 0.805. The van der Waals surface area contributed by atoms with E-state index in [1.807, 2.05) is 0 Å². The highest BCUT2D eigenvalue weighted by molar-refractivity contribution is 7.92. The van der Waals surface area contributed by atoms with E-state index in [0.717, 1.165) is 0 Å². The van der Waals surface area contributed by atoms with Gasteiger partial charge in [0.05, 0.1) is 9.92 Å². The topological polar surface area (TPSA) is 51.2 Å². The number of rotatable bonds is 4. The number of ketones is 1. The van der Waals surface area contributed by atoms with Crippen LogP contribution in [-0.2, 0) is 9.84 Å². The van der Waals surface area contributed by atoms with Gasteiger partial charge in [-0.15, -0.1) is 0 Å². The third-order valence-electron chi connectivity index (χ3n) is 2.66. The van der Waals surface area contributed by atoms with Crippen LogP contribution in [0.15, 0.2) is 53.4 Å². The van der Waals surface area contributed by atoms with Gasteiger partial charge in [0.1, 0.15) is 5.75 Å². The summed E-state index contributed by atoms with van der Waals surface area (Å²) in [5, 5.41) is 0.590. The molecule has 0 spiro atoms. The fourth-order valence-corrected chi connectivity index (χ4v) is 3.60. The van der Waals surface area contributed by atoms with Crippen molar-refractivity contribution < 1.29 is 13.2 Å². The first-order valence-electron chi connectivity index (χ1n) is 5.66. The zero-order chi connectivity index (χ0) is 14.8. The lowest BCUT2D eigenvalue weighted by molar-refractivity contribution is 0.102. The van der Waals surface area contributed by atoms with Crippen molar-refractivity contribution >= 4 is 38.8 Å². The molecule has 2 rings (SSSR count). The molecule has 3 nitrogen and oxygen atoms in total. The summed E-state index contributed by atoms with van der Waals surface area (Å²) in [5.74, 6) is -1.13. The Hall–Kier alpha value is -1.36. The van der Waals surface area contributed by atoms with Crippen LogP contribution in [0.2, 0.25) is 10.0 Å². The highest BCUT2D eigenvalue weighted by Crippen LogP contribution is 2.22. The lowest BCUT2D eigenvalue weighted by Crippen LogP contribution is -2.16. The zero-order valence-electron chi connectivity index (χ0n) is 10.2. The normalized spacial score (nSPS) is 11.3. The fraction of sp³-hybridized carbons (Fsp3) is 0.0714. The Balaban J connectivity index is 2.27. The molecule has 0 aliphatic rings. The number of sulfone groups is 1. The maximum Gasteiger partial charge on any atom is 0.187 e. The molecule has 2 aromatic carbocycles. The van der Waals surface area contributed by atoms with Gasteiger partial charge in [-0.2, -0.15) is 0 Å². The highest BCUT2D eigenvalue weighted by Gasteiger charge is 2.22. The molecule has 2 aromatic rings. The van der Waals surface area contributed by atoms with Gasteiger partial charge in [-0.25, -0.2) is 8.42 Å². The van der Waals surface area contributed by atoms with Gasteiger partial charge in [0.25, 0.3) is 0 Å². The van der Waals surface area contributed by atoms with Crippen LogP contribution in [0.25, 0.3) is 0 Å². The van der Waals surface area contributed by atoms with E-state index in [2.05, 4.69) is 0 Å². The predicted octanol–water partition coefficient (Wildman–Crippen LogP) is 3.65. The molecular formula is C14H10Cl2O3S. The molecule has 0 aromatic heterocycles. The monoisotopic (exact) mass is 328 g/mol. The molecule has 0 aliphatic carbocycles. The lowest BCUT2D eigenvalue weighted by atomic mass is 10.1. The summed E-state index contributed by atoms with van der Waals surface area (Å²) in [4.78, 5) is 12.0. The van der Waals surface area contributed by atoms with Crippen LogP contribution in [0.1, 0.15) is 10.4 Å². The number of carbonyl (C=O) groups excluding carboxylic acids is 1. The van der Waals surface area contributed by atoms with Crippen molar-refractivity contribution in [3.8, 4) is 0 Å². The number of halogens is 2. The van der Waals surface area contributed by atoms with Crippen LogP contribution in [0.4, 0.5) is 0 Å². The standard InChI is InChI=1S/C14H10Cl2O3S/c15-11-7-5-10(6-8-11)13(17)9-20(18,19)14-4-2-1-3-12(14)16/h1-8H,9H2. The largest absolute Gasteiger partial charge is 0.293 e. The summed E-state index contributed by atoms with van der Waals surface area (Å²) in [6.45, 7) is 0. The van der Waals surface area contributed by atoms with Crippen molar-refractivity contribution in [2.75, 3.05) is 5.75 Å². The van der Waals surface area contributed by atoms with E-state index in [1.54, 1.807) is 12.1 Å². The summed E-state index contributed by atoms with van der Waals surface area (Å²) in [6, 6.07) is 12.1. The van der Waals surface area contributed by atoms with Gasteiger partial charge in [-0.1, -0.05) is 35.3 Å². The molecule has 0 heterocycles. The Labute approximate surface area is 127 Å². The highest BCUT2D eigenvalue weighted by atomic mass is 35.5. The van der Waals surface area contributed by atoms with Crippen molar-refractivity contribution in [3.05, 3.63) is 64.1 Å². The second kappa shape index (κ2) is 5.95. The van der Waals surface area contributed by atoms with E-state index in [1.165, 1.54) is 36.4 Å². The average molecular weight is 329 g/mol. The molecule has 6 heteroatoms. The van der Waals surface area contributed by atoms with Gasteiger partial charge in [-0.05, 0) is 36.4 Å². The molecule has 0 unspecified atom stereocenters. The summed E-state index contributed by atoms with van der Waals surface area (Å²) >= 11 is 11.6. The first kappa shape index (κ1) is 15.0. The van der Waals surface area contributed by atoms with Crippen LogP contribution < -0.4 is 0 Å². The summed E-state index contributed by atoms with van der Waals surface area (Å²) in [7, 11) is -3.76. The number of hydrogen-bond donors (Lipinski definition) is 0. The summed E-state index contributed by atoms with van der Waals surface area (Å²) < 4.78 is 24.3. The molecule has 0 amide bonds. The molecule has 104 valence electrons. The van der Waals surface area contributed by atoms with E-state index < -0.39 is 21.4 Å². The minimum Gasteiger partial charge on any atom is -0.293 e. The Morgan fingerprint density at radius 1 is 0.950 bits per heavy atom. The Morgan fingerprint density at radius 3 is 2.15 bits per heavy atom. The minimum atomic E-state index is -3.76. The molecule has 0 aliphatic heterocycles. The molecule has 0 N–H and O–H groups in total. The first-order valence-corrected chi connectivity index (χ1v) is 8.07. The van der Waals surface area contributed by atoms with E-state index in [9.17, 15) is 13.2 Å². The van der Waals surface area contributed by atoms with E-state index >= 15 is 0 Å². The van der Waals surface area contributed by atoms with Crippen molar-refractivity contribution in [2.45, 2.75) is 4.90 Å². The maximum absolute atomic E-state index is 12.2. The van der Waals surface area contributed by atoms with Gasteiger partial charge in [0.2, 0.25) is 0 Å². The van der Waals surface area contributed by atoms with Crippen LogP contribution >= 0.6 is 23.2 Å². The zero-order valence-corrected chi connectivity index (χ0v) is 12.5. The summed E-state index contributed by atoms with van der Waals surface area (Å²) in [5.41, 5.74) is 0.296. The van der Waals surface area contributed by atoms with Crippen LogP contribution in [0.5, 0.6) is 0 Å². The molecule has 0 atom stereocenters. The molecule has 20 heavy (non-hydrogen) atoms. The Bertz CT molecular complexity index is 737. The Kier molecular flexibility index (Phi) is 4.48. The third kappa shape index (κ3) is 3.39. The average Bonchev–Trinajstić information content (AvgIpc) is 2.39. The van der Waals surface area contributed by atoms with Crippen LogP contribution in [-0.4, -0.2) is 20.0 Å². The van der Waals surface area contributed by atoms with Crippen molar-refractivity contribution in [2.24, 2.45) is 0 Å². The van der Waals surface area contributed by atoms with Gasteiger partial charge in [-0.3, -0.25) is 4.79 Å². The Morgan fingerprint density at radius 2 is 1.55 bits per heavy atom. The second-order valence-corrected chi connectivity index (χ2v) is 6.92. The number of carbonyl (C=O) groups is 1. The number of Topliss-reactive ketones (excluding diaryl/α,β-unsaturated/α-hetero) is 1.